The van der Waals surface area contributed by atoms with Crippen LogP contribution in [-0.2, 0) is 0 Å². The molecule has 0 spiro atoms. The van der Waals surface area contributed by atoms with Gasteiger partial charge in [0.05, 0.1) is 22.5 Å². The maximum absolute atomic E-state index is 8.24. The van der Waals surface area contributed by atoms with Gasteiger partial charge in [0.15, 0.2) is 0 Å². The van der Waals surface area contributed by atoms with Crippen molar-refractivity contribution in [3.63, 3.8) is 0 Å². The first kappa shape index (κ1) is 9.93. The first-order valence-corrected chi connectivity index (χ1v) is 4.30. The van der Waals surface area contributed by atoms with Gasteiger partial charge in [-0.15, -0.1) is 0 Å². The molecule has 0 aliphatic rings. The van der Waals surface area contributed by atoms with Crippen LogP contribution in [0.15, 0.2) is 18.2 Å². The molecule has 0 fully saturated rings. The van der Waals surface area contributed by atoms with Crippen molar-refractivity contribution in [3.05, 3.63) is 33.8 Å². The van der Waals surface area contributed by atoms with Crippen molar-refractivity contribution in [3.8, 4) is 17.9 Å². The summed E-state index contributed by atoms with van der Waals surface area (Å²) >= 11 is 11.5. The molecular formula is C10H5Cl2N. The molecule has 0 saturated heterocycles. The second-order valence-electron chi connectivity index (χ2n) is 2.27. The van der Waals surface area contributed by atoms with Crippen molar-refractivity contribution in [2.75, 3.05) is 0 Å². The van der Waals surface area contributed by atoms with E-state index in [0.717, 1.165) is 5.56 Å². The van der Waals surface area contributed by atoms with Crippen molar-refractivity contribution in [1.82, 2.24) is 0 Å². The standard InChI is InChI=1S/C10H5Cl2N/c11-9-5-4-8(7-10(9)12)3-1-2-6-13/h4-5,7H,2H2. The SMILES string of the molecule is N#CCC#Cc1ccc(Cl)c(Cl)c1. The summed E-state index contributed by atoms with van der Waals surface area (Å²) in [7, 11) is 0. The highest BCUT2D eigenvalue weighted by atomic mass is 35.5. The highest BCUT2D eigenvalue weighted by Crippen LogP contribution is 2.21. The molecule has 13 heavy (non-hydrogen) atoms. The van der Waals surface area contributed by atoms with E-state index in [4.69, 9.17) is 28.5 Å². The largest absolute Gasteiger partial charge is 0.197 e. The van der Waals surface area contributed by atoms with Gasteiger partial charge in [0.2, 0.25) is 0 Å². The molecule has 3 heteroatoms. The topological polar surface area (TPSA) is 23.8 Å². The molecule has 0 bridgehead atoms. The van der Waals surface area contributed by atoms with Gasteiger partial charge in [-0.25, -0.2) is 0 Å². The van der Waals surface area contributed by atoms with Crippen LogP contribution < -0.4 is 0 Å². The Bertz CT molecular complexity index is 407. The summed E-state index contributed by atoms with van der Waals surface area (Å²) in [5, 5.41) is 9.23. The van der Waals surface area contributed by atoms with Crippen molar-refractivity contribution in [2.24, 2.45) is 0 Å². The van der Waals surface area contributed by atoms with E-state index in [2.05, 4.69) is 11.8 Å². The molecule has 0 radical (unpaired) electrons. The van der Waals surface area contributed by atoms with Gasteiger partial charge in [-0.2, -0.15) is 5.26 Å². The zero-order valence-corrected chi connectivity index (χ0v) is 8.15. The fourth-order valence-electron chi connectivity index (χ4n) is 0.760. The second-order valence-corrected chi connectivity index (χ2v) is 3.08. The van der Waals surface area contributed by atoms with E-state index in [0.29, 0.717) is 10.0 Å². The molecule has 0 N–H and O–H groups in total. The third-order valence-electron chi connectivity index (χ3n) is 1.32. The molecule has 0 amide bonds. The summed E-state index contributed by atoms with van der Waals surface area (Å²) in [6.45, 7) is 0. The van der Waals surface area contributed by atoms with Crippen LogP contribution in [0.2, 0.25) is 10.0 Å². The Morgan fingerprint density at radius 2 is 2.00 bits per heavy atom. The van der Waals surface area contributed by atoms with E-state index in [-0.39, 0.29) is 6.42 Å². The maximum Gasteiger partial charge on any atom is 0.0966 e. The van der Waals surface area contributed by atoms with Gasteiger partial charge in [-0.1, -0.05) is 35.0 Å². The molecule has 0 unspecified atom stereocenters. The Kier molecular flexibility index (Phi) is 3.65. The van der Waals surface area contributed by atoms with Gasteiger partial charge in [-0.05, 0) is 18.2 Å². The fourth-order valence-corrected chi connectivity index (χ4v) is 1.06. The highest BCUT2D eigenvalue weighted by molar-refractivity contribution is 6.42. The molecule has 1 aromatic carbocycles. The van der Waals surface area contributed by atoms with E-state index in [1.165, 1.54) is 0 Å². The lowest BCUT2D eigenvalue weighted by Crippen LogP contribution is -1.74. The van der Waals surface area contributed by atoms with Gasteiger partial charge in [0.1, 0.15) is 0 Å². The van der Waals surface area contributed by atoms with Gasteiger partial charge >= 0.3 is 0 Å². The van der Waals surface area contributed by atoms with Crippen molar-refractivity contribution < 1.29 is 0 Å². The molecule has 0 heterocycles. The predicted molar refractivity (Wildman–Crippen MR) is 53.6 cm³/mol. The number of nitriles is 1. The van der Waals surface area contributed by atoms with Crippen molar-refractivity contribution in [1.29, 1.82) is 5.26 Å². The first-order chi connectivity index (χ1) is 6.24. The van der Waals surface area contributed by atoms with Gasteiger partial charge < -0.3 is 0 Å². The fraction of sp³-hybridized carbons (Fsp3) is 0.100. The highest BCUT2D eigenvalue weighted by Gasteiger charge is 1.95. The summed E-state index contributed by atoms with van der Waals surface area (Å²) in [4.78, 5) is 0. The van der Waals surface area contributed by atoms with Crippen LogP contribution in [0, 0.1) is 23.2 Å². The molecule has 0 atom stereocenters. The number of benzene rings is 1. The molecule has 1 aromatic rings. The van der Waals surface area contributed by atoms with Crippen LogP contribution in [0.1, 0.15) is 12.0 Å². The number of rotatable bonds is 0. The summed E-state index contributed by atoms with van der Waals surface area (Å²) in [6, 6.07) is 7.05. The van der Waals surface area contributed by atoms with E-state index < -0.39 is 0 Å². The van der Waals surface area contributed by atoms with Crippen molar-refractivity contribution >= 4 is 23.2 Å². The minimum Gasteiger partial charge on any atom is -0.197 e. The smallest absolute Gasteiger partial charge is 0.0966 e. The summed E-state index contributed by atoms with van der Waals surface area (Å²) in [6.07, 6.45) is 0.222. The van der Waals surface area contributed by atoms with Crippen LogP contribution in [0.25, 0.3) is 0 Å². The average Bonchev–Trinajstić information content (AvgIpc) is 2.12. The number of hydrogen-bond donors (Lipinski definition) is 0. The van der Waals surface area contributed by atoms with Gasteiger partial charge in [-0.3, -0.25) is 0 Å². The molecular weight excluding hydrogens is 205 g/mol. The molecule has 0 aliphatic carbocycles. The number of nitrogens with zero attached hydrogens (tertiary/aromatic N) is 1. The molecule has 64 valence electrons. The summed E-state index contributed by atoms with van der Waals surface area (Å²) in [5.41, 5.74) is 0.768. The number of halogens is 2. The van der Waals surface area contributed by atoms with Crippen LogP contribution in [0.3, 0.4) is 0 Å². The monoisotopic (exact) mass is 209 g/mol. The van der Waals surface area contributed by atoms with Crippen LogP contribution in [0.5, 0.6) is 0 Å². The Morgan fingerprint density at radius 1 is 1.23 bits per heavy atom. The zero-order valence-electron chi connectivity index (χ0n) is 6.64. The van der Waals surface area contributed by atoms with E-state index in [9.17, 15) is 0 Å². The van der Waals surface area contributed by atoms with Crippen molar-refractivity contribution in [2.45, 2.75) is 6.42 Å². The third kappa shape index (κ3) is 2.99. The third-order valence-corrected chi connectivity index (χ3v) is 2.06. The lowest BCUT2D eigenvalue weighted by molar-refractivity contribution is 1.39. The maximum atomic E-state index is 8.24. The molecule has 0 aliphatic heterocycles. The molecule has 0 saturated carbocycles. The summed E-state index contributed by atoms with van der Waals surface area (Å²) in [5.74, 6) is 5.48. The van der Waals surface area contributed by atoms with E-state index in [1.807, 2.05) is 6.07 Å². The number of hydrogen-bond acceptors (Lipinski definition) is 1. The predicted octanol–water partition coefficient (Wildman–Crippen LogP) is 3.26. The Labute approximate surface area is 86.9 Å². The minimum absolute atomic E-state index is 0.222. The van der Waals surface area contributed by atoms with Crippen LogP contribution in [0.4, 0.5) is 0 Å². The lowest BCUT2D eigenvalue weighted by atomic mass is 10.2. The Morgan fingerprint density at radius 3 is 2.62 bits per heavy atom. The molecule has 0 aromatic heterocycles. The van der Waals surface area contributed by atoms with Gasteiger partial charge in [0.25, 0.3) is 0 Å². The van der Waals surface area contributed by atoms with Crippen LogP contribution >= 0.6 is 23.2 Å². The minimum atomic E-state index is 0.222. The van der Waals surface area contributed by atoms with Crippen LogP contribution in [-0.4, -0.2) is 0 Å². The lowest BCUT2D eigenvalue weighted by Gasteiger charge is -1.94. The Balaban J connectivity index is 2.89. The quantitative estimate of drug-likeness (QED) is 0.603. The van der Waals surface area contributed by atoms with E-state index >= 15 is 0 Å². The first-order valence-electron chi connectivity index (χ1n) is 3.55. The zero-order chi connectivity index (χ0) is 9.68. The average molecular weight is 210 g/mol. The second kappa shape index (κ2) is 4.77. The summed E-state index contributed by atoms with van der Waals surface area (Å²) < 4.78 is 0. The molecule has 1 nitrogen and oxygen atoms in total. The molecule has 1 rings (SSSR count). The Hall–Kier alpha value is -1.15. The van der Waals surface area contributed by atoms with E-state index in [1.54, 1.807) is 18.2 Å². The normalized spacial score (nSPS) is 8.38. The van der Waals surface area contributed by atoms with Gasteiger partial charge in [0, 0.05) is 5.56 Å².